The summed E-state index contributed by atoms with van der Waals surface area (Å²) in [5.41, 5.74) is 2.71. The van der Waals surface area contributed by atoms with Gasteiger partial charge in [-0.25, -0.2) is 4.98 Å². The first-order valence-corrected chi connectivity index (χ1v) is 8.98. The van der Waals surface area contributed by atoms with Crippen LogP contribution in [0.1, 0.15) is 19.0 Å². The number of fused-ring (bicyclic) bond motifs is 1. The first-order chi connectivity index (χ1) is 9.93. The summed E-state index contributed by atoms with van der Waals surface area (Å²) in [4.78, 5) is 15.4. The quantitative estimate of drug-likeness (QED) is 0.787. The Morgan fingerprint density at radius 1 is 1.48 bits per heavy atom. The predicted octanol–water partition coefficient (Wildman–Crippen LogP) is 2.40. The van der Waals surface area contributed by atoms with Gasteiger partial charge in [0.2, 0.25) is 0 Å². The lowest BCUT2D eigenvalue weighted by atomic mass is 10.3. The first-order valence-electron chi connectivity index (χ1n) is 6.71. The Morgan fingerprint density at radius 2 is 2.19 bits per heavy atom. The highest BCUT2D eigenvalue weighted by Gasteiger charge is 2.18. The van der Waals surface area contributed by atoms with Crippen LogP contribution in [0.5, 0.6) is 0 Å². The Kier molecular flexibility index (Phi) is 5.21. The standard InChI is InChI=1S/C13H20N4O2S2/c1-8(20-4)5-6-17-12-11(9(2)15-16(12)3)14-13(17)21-7-10(18)19/h8H,5-7H2,1-4H3,(H,18,19). The zero-order valence-corrected chi connectivity index (χ0v) is 14.3. The fraction of sp³-hybridized carbons (Fsp3) is 0.615. The summed E-state index contributed by atoms with van der Waals surface area (Å²) >= 11 is 3.10. The number of hydrogen-bond acceptors (Lipinski definition) is 5. The third-order valence-corrected chi connectivity index (χ3v) is 5.34. The number of carboxylic acid groups (broad SMARTS) is 1. The zero-order valence-electron chi connectivity index (χ0n) is 12.7. The minimum Gasteiger partial charge on any atom is -0.481 e. The van der Waals surface area contributed by atoms with E-state index in [0.717, 1.165) is 35.0 Å². The van der Waals surface area contributed by atoms with Gasteiger partial charge in [-0.15, -0.1) is 0 Å². The number of nitrogens with zero attached hydrogens (tertiary/aromatic N) is 4. The van der Waals surface area contributed by atoms with Gasteiger partial charge in [-0.3, -0.25) is 9.48 Å². The Balaban J connectivity index is 2.36. The molecule has 2 aromatic heterocycles. The topological polar surface area (TPSA) is 72.9 Å². The molecule has 0 fully saturated rings. The second-order valence-corrected chi connectivity index (χ2v) is 7.16. The SMILES string of the molecule is CSC(C)CCn1c(SCC(=O)O)nc2c(C)nn(C)c21. The molecule has 0 aliphatic rings. The van der Waals surface area contributed by atoms with Crippen LogP contribution in [0.15, 0.2) is 5.16 Å². The lowest BCUT2D eigenvalue weighted by Gasteiger charge is -2.12. The largest absolute Gasteiger partial charge is 0.481 e. The highest BCUT2D eigenvalue weighted by molar-refractivity contribution is 7.99. The molecule has 1 N–H and O–H groups in total. The van der Waals surface area contributed by atoms with Crippen molar-refractivity contribution in [2.75, 3.05) is 12.0 Å². The van der Waals surface area contributed by atoms with Crippen molar-refractivity contribution in [2.24, 2.45) is 7.05 Å². The molecule has 0 saturated carbocycles. The third kappa shape index (κ3) is 3.55. The summed E-state index contributed by atoms with van der Waals surface area (Å²) in [6, 6.07) is 0. The van der Waals surface area contributed by atoms with Gasteiger partial charge >= 0.3 is 5.97 Å². The lowest BCUT2D eigenvalue weighted by Crippen LogP contribution is -2.09. The van der Waals surface area contributed by atoms with E-state index >= 15 is 0 Å². The van der Waals surface area contributed by atoms with Crippen LogP contribution in [-0.4, -0.2) is 47.7 Å². The molecule has 0 radical (unpaired) electrons. The minimum atomic E-state index is -0.828. The van der Waals surface area contributed by atoms with Crippen molar-refractivity contribution in [3.05, 3.63) is 5.69 Å². The van der Waals surface area contributed by atoms with Gasteiger partial charge in [-0.1, -0.05) is 18.7 Å². The Hall–Kier alpha value is -1.15. The monoisotopic (exact) mass is 328 g/mol. The van der Waals surface area contributed by atoms with Crippen LogP contribution in [0, 0.1) is 6.92 Å². The summed E-state index contributed by atoms with van der Waals surface area (Å²) in [7, 11) is 1.90. The van der Waals surface area contributed by atoms with E-state index in [-0.39, 0.29) is 5.75 Å². The van der Waals surface area contributed by atoms with Crippen LogP contribution in [0.2, 0.25) is 0 Å². The molecular formula is C13H20N4O2S2. The molecular weight excluding hydrogens is 308 g/mol. The van der Waals surface area contributed by atoms with E-state index in [9.17, 15) is 4.79 Å². The summed E-state index contributed by atoms with van der Waals surface area (Å²) in [6.07, 6.45) is 3.11. The molecule has 0 aromatic carbocycles. The van der Waals surface area contributed by atoms with Crippen LogP contribution < -0.4 is 0 Å². The summed E-state index contributed by atoms with van der Waals surface area (Å²) in [5.74, 6) is -0.806. The molecule has 1 atom stereocenters. The van der Waals surface area contributed by atoms with Crippen molar-refractivity contribution in [2.45, 2.75) is 37.2 Å². The van der Waals surface area contributed by atoms with Gasteiger partial charge < -0.3 is 9.67 Å². The highest BCUT2D eigenvalue weighted by Crippen LogP contribution is 2.26. The van der Waals surface area contributed by atoms with Crippen molar-refractivity contribution in [1.29, 1.82) is 0 Å². The lowest BCUT2D eigenvalue weighted by molar-refractivity contribution is -0.133. The maximum absolute atomic E-state index is 10.8. The second-order valence-electron chi connectivity index (χ2n) is 4.94. The van der Waals surface area contributed by atoms with Crippen LogP contribution in [-0.2, 0) is 18.4 Å². The van der Waals surface area contributed by atoms with Crippen LogP contribution in [0.25, 0.3) is 11.2 Å². The number of carboxylic acids is 1. The minimum absolute atomic E-state index is 0.0217. The number of thioether (sulfide) groups is 2. The van der Waals surface area contributed by atoms with Gasteiger partial charge in [-0.05, 0) is 19.6 Å². The molecule has 2 rings (SSSR count). The molecule has 2 heterocycles. The summed E-state index contributed by atoms with van der Waals surface area (Å²) in [6.45, 7) is 4.94. The van der Waals surface area contributed by atoms with Crippen LogP contribution >= 0.6 is 23.5 Å². The molecule has 0 bridgehead atoms. The van der Waals surface area contributed by atoms with E-state index in [2.05, 4.69) is 27.8 Å². The third-order valence-electron chi connectivity index (χ3n) is 3.34. The van der Waals surface area contributed by atoms with Gasteiger partial charge in [-0.2, -0.15) is 16.9 Å². The number of aromatic nitrogens is 4. The van der Waals surface area contributed by atoms with E-state index in [0.29, 0.717) is 5.25 Å². The van der Waals surface area contributed by atoms with E-state index in [1.165, 1.54) is 11.8 Å². The fourth-order valence-electron chi connectivity index (χ4n) is 2.18. The van der Waals surface area contributed by atoms with E-state index in [4.69, 9.17) is 5.11 Å². The molecule has 1 unspecified atom stereocenters. The highest BCUT2D eigenvalue weighted by atomic mass is 32.2. The van der Waals surface area contributed by atoms with Gasteiger partial charge in [0.25, 0.3) is 0 Å². The number of aliphatic carboxylic acids is 1. The summed E-state index contributed by atoms with van der Waals surface area (Å²) < 4.78 is 3.92. The number of rotatable bonds is 7. The van der Waals surface area contributed by atoms with Crippen LogP contribution in [0.3, 0.4) is 0 Å². The average Bonchev–Trinajstić information content (AvgIpc) is 2.92. The number of hydrogen-bond donors (Lipinski definition) is 1. The van der Waals surface area contributed by atoms with Gasteiger partial charge in [0, 0.05) is 18.8 Å². The molecule has 0 amide bonds. The molecule has 8 heteroatoms. The molecule has 21 heavy (non-hydrogen) atoms. The Morgan fingerprint density at radius 3 is 2.81 bits per heavy atom. The normalized spacial score (nSPS) is 13.0. The van der Waals surface area contributed by atoms with Crippen molar-refractivity contribution in [1.82, 2.24) is 19.3 Å². The average molecular weight is 328 g/mol. The molecule has 0 saturated heterocycles. The van der Waals surface area contributed by atoms with Crippen molar-refractivity contribution >= 4 is 40.7 Å². The number of aryl methyl sites for hydroxylation is 3. The molecule has 2 aromatic rings. The van der Waals surface area contributed by atoms with Crippen LogP contribution in [0.4, 0.5) is 0 Å². The Bertz CT molecular complexity index is 650. The van der Waals surface area contributed by atoms with Crippen molar-refractivity contribution < 1.29 is 9.90 Å². The van der Waals surface area contributed by atoms with Gasteiger partial charge in [0.05, 0.1) is 11.4 Å². The molecule has 0 aliphatic carbocycles. The maximum Gasteiger partial charge on any atom is 0.313 e. The molecule has 0 spiro atoms. The molecule has 6 nitrogen and oxygen atoms in total. The zero-order chi connectivity index (χ0) is 15.6. The van der Waals surface area contributed by atoms with E-state index < -0.39 is 5.97 Å². The first kappa shape index (κ1) is 16.2. The number of carbonyl (C=O) groups is 1. The predicted molar refractivity (Wildman–Crippen MR) is 87.2 cm³/mol. The fourth-order valence-corrected chi connectivity index (χ4v) is 3.26. The molecule has 0 aliphatic heterocycles. The summed E-state index contributed by atoms with van der Waals surface area (Å²) in [5, 5.41) is 14.6. The smallest absolute Gasteiger partial charge is 0.313 e. The molecule has 116 valence electrons. The Labute approximate surface area is 132 Å². The van der Waals surface area contributed by atoms with E-state index in [1.807, 2.05) is 30.4 Å². The van der Waals surface area contributed by atoms with E-state index in [1.54, 1.807) is 0 Å². The van der Waals surface area contributed by atoms with Crippen molar-refractivity contribution in [3.63, 3.8) is 0 Å². The van der Waals surface area contributed by atoms with Gasteiger partial charge in [0.1, 0.15) is 5.52 Å². The maximum atomic E-state index is 10.8. The second kappa shape index (κ2) is 6.74. The van der Waals surface area contributed by atoms with Gasteiger partial charge in [0.15, 0.2) is 10.8 Å². The number of imidazole rings is 1. The van der Waals surface area contributed by atoms with Crippen molar-refractivity contribution in [3.8, 4) is 0 Å².